The molecule has 2 atom stereocenters. The minimum absolute atomic E-state index is 0.0144. The van der Waals surface area contributed by atoms with Gasteiger partial charge in [-0.25, -0.2) is 9.78 Å². The third-order valence-electron chi connectivity index (χ3n) is 4.67. The zero-order valence-corrected chi connectivity index (χ0v) is 21.0. The van der Waals surface area contributed by atoms with Gasteiger partial charge in [-0.2, -0.15) is 4.98 Å². The smallest absolute Gasteiger partial charge is 0.353 e. The van der Waals surface area contributed by atoms with Crippen LogP contribution in [0.1, 0.15) is 0 Å². The summed E-state index contributed by atoms with van der Waals surface area (Å²) in [5.41, 5.74) is 11.1. The second kappa shape index (κ2) is 10.1. The molecule has 10 nitrogen and oxygen atoms in total. The van der Waals surface area contributed by atoms with Gasteiger partial charge in [-0.1, -0.05) is 35.0 Å². The lowest BCUT2D eigenvalue weighted by Crippen LogP contribution is -2.70. The lowest BCUT2D eigenvalue weighted by Gasteiger charge is -2.49. The van der Waals surface area contributed by atoms with Gasteiger partial charge in [0.05, 0.1) is 10.8 Å². The van der Waals surface area contributed by atoms with Crippen LogP contribution in [0.4, 0.5) is 11.8 Å². The second-order valence-corrected chi connectivity index (χ2v) is 11.1. The molecule has 2 amide bonds. The molecule has 0 aliphatic carbocycles. The van der Waals surface area contributed by atoms with Crippen molar-refractivity contribution in [2.24, 2.45) is 0 Å². The van der Waals surface area contributed by atoms with Gasteiger partial charge in [-0.15, -0.1) is 23.5 Å². The highest BCUT2D eigenvalue weighted by molar-refractivity contribution is 8.06. The number of carbonyl (C=O) groups excluding carboxylic acids is 2. The zero-order chi connectivity index (χ0) is 24.6. The number of hydrogen-bond donors (Lipinski definition) is 4. The number of β-lactam (4-membered cyclic amide) rings is 1. The van der Waals surface area contributed by atoms with Gasteiger partial charge in [0.15, 0.2) is 0 Å². The fourth-order valence-corrected chi connectivity index (χ4v) is 7.05. The summed E-state index contributed by atoms with van der Waals surface area (Å²) in [6.07, 6.45) is 0. The van der Waals surface area contributed by atoms with Gasteiger partial charge in [-0.05, 0) is 18.2 Å². The predicted molar refractivity (Wildman–Crippen MR) is 134 cm³/mol. The summed E-state index contributed by atoms with van der Waals surface area (Å²) in [5, 5.41) is 13.3. The summed E-state index contributed by atoms with van der Waals surface area (Å²) in [5.74, 6) is -1.73. The van der Waals surface area contributed by atoms with Crippen molar-refractivity contribution in [3.05, 3.63) is 44.9 Å². The lowest BCUT2D eigenvalue weighted by molar-refractivity contribution is -0.150. The summed E-state index contributed by atoms with van der Waals surface area (Å²) >= 11 is 15.7. The number of carboxylic acid groups (broad SMARTS) is 1. The molecular weight excluding hydrogens is 543 g/mol. The maximum absolute atomic E-state index is 12.8. The van der Waals surface area contributed by atoms with E-state index in [9.17, 15) is 19.5 Å². The Morgan fingerprint density at radius 2 is 2.03 bits per heavy atom. The SMILES string of the molecule is Nc1cc(SC2=C(C(=O)O)N3C(=O)[C@@H](NC(=O)CSc4cc(Cl)ccc4Cl)C3SC2)nc(N)n1. The molecule has 0 saturated carbocycles. The van der Waals surface area contributed by atoms with E-state index in [1.165, 1.54) is 34.5 Å². The molecule has 1 fully saturated rings. The number of aliphatic carboxylic acids is 1. The number of nitrogens with zero attached hydrogens (tertiary/aromatic N) is 3. The van der Waals surface area contributed by atoms with Gasteiger partial charge in [0, 0.05) is 26.6 Å². The van der Waals surface area contributed by atoms with Gasteiger partial charge < -0.3 is 21.9 Å². The number of carbonyl (C=O) groups is 3. The molecule has 34 heavy (non-hydrogen) atoms. The Bertz CT molecular complexity index is 1210. The number of fused-ring (bicyclic) bond motifs is 1. The normalized spacial score (nSPS) is 19.5. The van der Waals surface area contributed by atoms with Crippen LogP contribution in [0.3, 0.4) is 0 Å². The van der Waals surface area contributed by atoms with Crippen molar-refractivity contribution in [2.75, 3.05) is 23.0 Å². The molecule has 2 aromatic rings. The topological polar surface area (TPSA) is 165 Å². The highest BCUT2D eigenvalue weighted by Gasteiger charge is 2.54. The average Bonchev–Trinajstić information content (AvgIpc) is 2.76. The first-order chi connectivity index (χ1) is 16.1. The van der Waals surface area contributed by atoms with E-state index < -0.39 is 23.3 Å². The number of nitrogens with two attached hydrogens (primary N) is 2. The zero-order valence-electron chi connectivity index (χ0n) is 17.0. The Balaban J connectivity index is 1.44. The Kier molecular flexibility index (Phi) is 7.38. The van der Waals surface area contributed by atoms with Gasteiger partial charge in [-0.3, -0.25) is 14.5 Å². The van der Waals surface area contributed by atoms with E-state index in [0.717, 1.165) is 11.8 Å². The van der Waals surface area contributed by atoms with Crippen LogP contribution in [0, 0.1) is 0 Å². The summed E-state index contributed by atoms with van der Waals surface area (Å²) < 4.78 is 0. The van der Waals surface area contributed by atoms with Crippen molar-refractivity contribution in [3.63, 3.8) is 0 Å². The van der Waals surface area contributed by atoms with Crippen LogP contribution in [0.25, 0.3) is 0 Å². The minimum atomic E-state index is -1.26. The number of nitrogen functional groups attached to an aromatic ring is 2. The molecule has 178 valence electrons. The molecule has 15 heteroatoms. The number of nitrogens with one attached hydrogen (secondary N) is 1. The lowest BCUT2D eigenvalue weighted by atomic mass is 10.1. The Morgan fingerprint density at radius 3 is 2.74 bits per heavy atom. The van der Waals surface area contributed by atoms with Crippen LogP contribution in [0.2, 0.25) is 10.0 Å². The Labute approximate surface area is 216 Å². The summed E-state index contributed by atoms with van der Waals surface area (Å²) in [6.45, 7) is 0. The maximum atomic E-state index is 12.8. The first-order valence-corrected chi connectivity index (χ1v) is 13.1. The van der Waals surface area contributed by atoms with Crippen molar-refractivity contribution in [3.8, 4) is 0 Å². The molecular formula is C19H16Cl2N6O4S3. The molecule has 1 aromatic heterocycles. The van der Waals surface area contributed by atoms with E-state index in [0.29, 0.717) is 30.6 Å². The highest BCUT2D eigenvalue weighted by atomic mass is 35.5. The number of halogens is 2. The molecule has 1 unspecified atom stereocenters. The number of rotatable bonds is 7. The Hall–Kier alpha value is -2.32. The largest absolute Gasteiger partial charge is 0.477 e. The number of carboxylic acids is 1. The van der Waals surface area contributed by atoms with Crippen molar-refractivity contribution < 1.29 is 19.5 Å². The van der Waals surface area contributed by atoms with Crippen LogP contribution < -0.4 is 16.8 Å². The highest BCUT2D eigenvalue weighted by Crippen LogP contribution is 2.45. The Morgan fingerprint density at radius 1 is 1.26 bits per heavy atom. The van der Waals surface area contributed by atoms with E-state index in [-0.39, 0.29) is 29.1 Å². The summed E-state index contributed by atoms with van der Waals surface area (Å²) in [7, 11) is 0. The predicted octanol–water partition coefficient (Wildman–Crippen LogP) is 2.53. The van der Waals surface area contributed by atoms with Crippen LogP contribution >= 0.6 is 58.5 Å². The fourth-order valence-electron chi connectivity index (χ4n) is 3.26. The van der Waals surface area contributed by atoms with Crippen LogP contribution in [0.15, 0.2) is 44.8 Å². The molecule has 2 aliphatic rings. The summed E-state index contributed by atoms with van der Waals surface area (Å²) in [6, 6.07) is 5.56. The van der Waals surface area contributed by atoms with E-state index in [1.54, 1.807) is 18.2 Å². The van der Waals surface area contributed by atoms with Crippen LogP contribution in [0.5, 0.6) is 0 Å². The van der Waals surface area contributed by atoms with Crippen LogP contribution in [-0.2, 0) is 14.4 Å². The number of benzene rings is 1. The second-order valence-electron chi connectivity index (χ2n) is 6.99. The molecule has 1 saturated heterocycles. The van der Waals surface area contributed by atoms with Crippen molar-refractivity contribution in [1.29, 1.82) is 0 Å². The third-order valence-corrected chi connectivity index (χ3v) is 8.87. The van der Waals surface area contributed by atoms with Crippen molar-refractivity contribution >= 4 is 88.0 Å². The third kappa shape index (κ3) is 5.18. The first kappa shape index (κ1) is 24.8. The number of anilines is 2. The molecule has 0 radical (unpaired) electrons. The fraction of sp³-hybridized carbons (Fsp3) is 0.211. The van der Waals surface area contributed by atoms with Gasteiger partial charge in [0.2, 0.25) is 11.9 Å². The van der Waals surface area contributed by atoms with Gasteiger partial charge in [0.1, 0.15) is 28.0 Å². The minimum Gasteiger partial charge on any atom is -0.477 e. The van der Waals surface area contributed by atoms with Gasteiger partial charge >= 0.3 is 5.97 Å². The van der Waals surface area contributed by atoms with E-state index in [1.807, 2.05) is 0 Å². The number of hydrogen-bond acceptors (Lipinski definition) is 10. The first-order valence-electron chi connectivity index (χ1n) is 9.50. The molecule has 3 heterocycles. The molecule has 0 bridgehead atoms. The number of amides is 2. The van der Waals surface area contributed by atoms with E-state index in [2.05, 4.69) is 15.3 Å². The standard InChI is InChI=1S/C19H16Cl2N6O4S3/c20-7-1-2-8(21)9(3-7)32-6-12(28)25-14-16(29)27-15(18(30)31)10(5-33-17(14)27)34-13-4-11(22)24-19(23)26-13/h1-4,14,17H,5-6H2,(H,25,28)(H,30,31)(H4,22,23,24,26)/t14-,17?/m1/s1. The molecule has 1 aromatic carbocycles. The van der Waals surface area contributed by atoms with Gasteiger partial charge in [0.25, 0.3) is 5.91 Å². The molecule has 2 aliphatic heterocycles. The average molecular weight is 559 g/mol. The van der Waals surface area contributed by atoms with E-state index >= 15 is 0 Å². The number of aromatic nitrogens is 2. The monoisotopic (exact) mass is 558 g/mol. The van der Waals surface area contributed by atoms with Crippen LogP contribution in [-0.4, -0.2) is 60.7 Å². The summed E-state index contributed by atoms with van der Waals surface area (Å²) in [4.78, 5) is 47.3. The number of thioether (sulfide) groups is 3. The molecule has 4 rings (SSSR count). The molecule has 0 spiro atoms. The molecule has 6 N–H and O–H groups in total. The van der Waals surface area contributed by atoms with Crippen molar-refractivity contribution in [1.82, 2.24) is 20.2 Å². The maximum Gasteiger partial charge on any atom is 0.353 e. The van der Waals surface area contributed by atoms with Crippen molar-refractivity contribution in [2.45, 2.75) is 21.3 Å². The van der Waals surface area contributed by atoms with E-state index in [4.69, 9.17) is 34.7 Å². The quantitative estimate of drug-likeness (QED) is 0.224.